The molecule has 0 amide bonds. The summed E-state index contributed by atoms with van der Waals surface area (Å²) in [4.78, 5) is 0. The number of methoxy groups -OCH3 is 1. The van der Waals surface area contributed by atoms with Gasteiger partial charge in [-0.15, -0.1) is 0 Å². The maximum atomic E-state index is 5.55. The second-order valence-corrected chi connectivity index (χ2v) is 5.92. The molecule has 0 radical (unpaired) electrons. The lowest BCUT2D eigenvalue weighted by atomic mass is 10.0. The lowest BCUT2D eigenvalue weighted by Gasteiger charge is -2.16. The van der Waals surface area contributed by atoms with E-state index < -0.39 is 0 Å². The minimum absolute atomic E-state index is 0.284. The molecule has 2 rings (SSSR count). The highest BCUT2D eigenvalue weighted by atomic mass is 16.5. The SMILES string of the molecule is COc1ccccc1-c1ccc(C(C)NCCOC(C)C)cc1. The van der Waals surface area contributed by atoms with Crippen molar-refractivity contribution in [2.24, 2.45) is 0 Å². The van der Waals surface area contributed by atoms with E-state index in [4.69, 9.17) is 9.47 Å². The summed E-state index contributed by atoms with van der Waals surface area (Å²) in [7, 11) is 1.71. The minimum Gasteiger partial charge on any atom is -0.496 e. The van der Waals surface area contributed by atoms with Crippen molar-refractivity contribution in [1.29, 1.82) is 0 Å². The fourth-order valence-electron chi connectivity index (χ4n) is 2.52. The van der Waals surface area contributed by atoms with Crippen molar-refractivity contribution in [3.63, 3.8) is 0 Å². The van der Waals surface area contributed by atoms with Crippen LogP contribution in [-0.2, 0) is 4.74 Å². The van der Waals surface area contributed by atoms with Crippen LogP contribution in [0.5, 0.6) is 5.75 Å². The van der Waals surface area contributed by atoms with Gasteiger partial charge in [0.05, 0.1) is 19.8 Å². The second-order valence-electron chi connectivity index (χ2n) is 5.92. The molecule has 3 nitrogen and oxygen atoms in total. The van der Waals surface area contributed by atoms with Crippen molar-refractivity contribution in [3.05, 3.63) is 54.1 Å². The Labute approximate surface area is 139 Å². The predicted octanol–water partition coefficient (Wildman–Crippen LogP) is 4.44. The van der Waals surface area contributed by atoms with Crippen molar-refractivity contribution in [2.75, 3.05) is 20.3 Å². The molecule has 1 unspecified atom stereocenters. The topological polar surface area (TPSA) is 30.5 Å². The normalized spacial score (nSPS) is 12.4. The number of nitrogens with one attached hydrogen (secondary N) is 1. The van der Waals surface area contributed by atoms with Gasteiger partial charge in [0.25, 0.3) is 0 Å². The fraction of sp³-hybridized carbons (Fsp3) is 0.400. The first-order chi connectivity index (χ1) is 11.1. The van der Waals surface area contributed by atoms with Crippen LogP contribution in [0.25, 0.3) is 11.1 Å². The van der Waals surface area contributed by atoms with Gasteiger partial charge in [0.1, 0.15) is 5.75 Å². The summed E-state index contributed by atoms with van der Waals surface area (Å²) < 4.78 is 11.0. The van der Waals surface area contributed by atoms with Gasteiger partial charge >= 0.3 is 0 Å². The van der Waals surface area contributed by atoms with Crippen LogP contribution in [0.2, 0.25) is 0 Å². The summed E-state index contributed by atoms with van der Waals surface area (Å²) in [5.41, 5.74) is 3.56. The van der Waals surface area contributed by atoms with E-state index >= 15 is 0 Å². The molecular weight excluding hydrogens is 286 g/mol. The standard InChI is InChI=1S/C20H27NO2/c1-15(2)23-14-13-21-16(3)17-9-11-18(12-10-17)19-7-5-6-8-20(19)22-4/h5-12,15-16,21H,13-14H2,1-4H3. The molecule has 0 aliphatic heterocycles. The second kappa shape index (κ2) is 8.70. The lowest BCUT2D eigenvalue weighted by Crippen LogP contribution is -2.24. The van der Waals surface area contributed by atoms with Gasteiger partial charge in [-0.05, 0) is 38.0 Å². The van der Waals surface area contributed by atoms with Gasteiger partial charge in [-0.3, -0.25) is 0 Å². The quantitative estimate of drug-likeness (QED) is 0.731. The van der Waals surface area contributed by atoms with Crippen molar-refractivity contribution in [3.8, 4) is 16.9 Å². The van der Waals surface area contributed by atoms with Crippen LogP contribution in [0, 0.1) is 0 Å². The van der Waals surface area contributed by atoms with Gasteiger partial charge in [-0.25, -0.2) is 0 Å². The molecule has 0 aliphatic carbocycles. The smallest absolute Gasteiger partial charge is 0.126 e. The Balaban J connectivity index is 1.99. The molecule has 23 heavy (non-hydrogen) atoms. The zero-order valence-corrected chi connectivity index (χ0v) is 14.5. The number of para-hydroxylation sites is 1. The van der Waals surface area contributed by atoms with Crippen LogP contribution < -0.4 is 10.1 Å². The maximum Gasteiger partial charge on any atom is 0.126 e. The summed E-state index contributed by atoms with van der Waals surface area (Å²) in [6.45, 7) is 7.88. The van der Waals surface area contributed by atoms with Crippen LogP contribution in [0.1, 0.15) is 32.4 Å². The van der Waals surface area contributed by atoms with Gasteiger partial charge in [0.2, 0.25) is 0 Å². The van der Waals surface area contributed by atoms with Crippen molar-refractivity contribution in [2.45, 2.75) is 32.9 Å². The highest BCUT2D eigenvalue weighted by Crippen LogP contribution is 2.30. The van der Waals surface area contributed by atoms with Crippen LogP contribution in [0.15, 0.2) is 48.5 Å². The van der Waals surface area contributed by atoms with E-state index in [2.05, 4.69) is 56.4 Å². The molecule has 0 spiro atoms. The van der Waals surface area contributed by atoms with Gasteiger partial charge in [0, 0.05) is 18.2 Å². The first-order valence-electron chi connectivity index (χ1n) is 8.20. The highest BCUT2D eigenvalue weighted by Gasteiger charge is 2.07. The summed E-state index contributed by atoms with van der Waals surface area (Å²) in [5.74, 6) is 0.900. The Kier molecular flexibility index (Phi) is 6.63. The third-order valence-corrected chi connectivity index (χ3v) is 3.83. The van der Waals surface area contributed by atoms with E-state index in [0.29, 0.717) is 6.04 Å². The Bertz CT molecular complexity index is 593. The summed E-state index contributed by atoms with van der Waals surface area (Å²) in [6.07, 6.45) is 0.284. The van der Waals surface area contributed by atoms with Gasteiger partial charge in [-0.1, -0.05) is 42.5 Å². The molecule has 0 bridgehead atoms. The Morgan fingerprint density at radius 2 is 1.65 bits per heavy atom. The van der Waals surface area contributed by atoms with Gasteiger partial charge in [-0.2, -0.15) is 0 Å². The number of hydrogen-bond donors (Lipinski definition) is 1. The van der Waals surface area contributed by atoms with E-state index in [1.54, 1.807) is 7.11 Å². The molecule has 0 aliphatic rings. The first kappa shape index (κ1) is 17.5. The minimum atomic E-state index is 0.284. The summed E-state index contributed by atoms with van der Waals surface area (Å²) >= 11 is 0. The summed E-state index contributed by atoms with van der Waals surface area (Å²) in [6, 6.07) is 17.0. The van der Waals surface area contributed by atoms with Crippen LogP contribution >= 0.6 is 0 Å². The third-order valence-electron chi connectivity index (χ3n) is 3.83. The predicted molar refractivity (Wildman–Crippen MR) is 95.9 cm³/mol. The molecular formula is C20H27NO2. The average molecular weight is 313 g/mol. The Morgan fingerprint density at radius 1 is 0.957 bits per heavy atom. The number of ether oxygens (including phenoxy) is 2. The molecule has 0 fully saturated rings. The average Bonchev–Trinajstić information content (AvgIpc) is 2.58. The molecule has 0 saturated carbocycles. The van der Waals surface area contributed by atoms with Crippen molar-refractivity contribution in [1.82, 2.24) is 5.32 Å². The Morgan fingerprint density at radius 3 is 2.30 bits per heavy atom. The zero-order valence-electron chi connectivity index (χ0n) is 14.5. The number of benzene rings is 2. The largest absolute Gasteiger partial charge is 0.496 e. The summed E-state index contributed by atoms with van der Waals surface area (Å²) in [5, 5.41) is 3.49. The van der Waals surface area contributed by atoms with E-state index in [1.807, 2.05) is 18.2 Å². The molecule has 1 N–H and O–H groups in total. The van der Waals surface area contributed by atoms with Crippen LogP contribution in [-0.4, -0.2) is 26.4 Å². The van der Waals surface area contributed by atoms with E-state index in [-0.39, 0.29) is 6.10 Å². The molecule has 1 atom stereocenters. The fourth-order valence-corrected chi connectivity index (χ4v) is 2.52. The van der Waals surface area contributed by atoms with E-state index in [0.717, 1.165) is 24.5 Å². The van der Waals surface area contributed by atoms with Crippen molar-refractivity contribution >= 4 is 0 Å². The van der Waals surface area contributed by atoms with E-state index in [9.17, 15) is 0 Å². The van der Waals surface area contributed by atoms with Crippen LogP contribution in [0.3, 0.4) is 0 Å². The molecule has 0 heterocycles. The molecule has 124 valence electrons. The Hall–Kier alpha value is -1.84. The molecule has 2 aromatic carbocycles. The highest BCUT2D eigenvalue weighted by molar-refractivity contribution is 5.70. The molecule has 2 aromatic rings. The first-order valence-corrected chi connectivity index (χ1v) is 8.20. The molecule has 0 saturated heterocycles. The number of rotatable bonds is 8. The zero-order chi connectivity index (χ0) is 16.7. The molecule has 3 heteroatoms. The lowest BCUT2D eigenvalue weighted by molar-refractivity contribution is 0.0796. The van der Waals surface area contributed by atoms with Crippen molar-refractivity contribution < 1.29 is 9.47 Å². The monoisotopic (exact) mass is 313 g/mol. The van der Waals surface area contributed by atoms with Gasteiger partial charge in [0.15, 0.2) is 0 Å². The molecule has 0 aromatic heterocycles. The number of hydrogen-bond acceptors (Lipinski definition) is 3. The van der Waals surface area contributed by atoms with Crippen LogP contribution in [0.4, 0.5) is 0 Å². The maximum absolute atomic E-state index is 5.55. The van der Waals surface area contributed by atoms with Gasteiger partial charge < -0.3 is 14.8 Å². The third kappa shape index (κ3) is 5.08. The van der Waals surface area contributed by atoms with E-state index in [1.165, 1.54) is 11.1 Å².